The lowest BCUT2D eigenvalue weighted by atomic mass is 10.3. The van der Waals surface area contributed by atoms with E-state index in [2.05, 4.69) is 15.7 Å². The Morgan fingerprint density at radius 2 is 2.33 bits per heavy atom. The van der Waals surface area contributed by atoms with Crippen molar-refractivity contribution in [3.8, 4) is 0 Å². The van der Waals surface area contributed by atoms with Crippen LogP contribution in [0.4, 0.5) is 5.69 Å². The molecule has 118 valence electrons. The van der Waals surface area contributed by atoms with E-state index in [0.717, 1.165) is 12.6 Å². The zero-order valence-electron chi connectivity index (χ0n) is 12.0. The lowest BCUT2D eigenvalue weighted by molar-refractivity contribution is -0.385. The molecule has 0 saturated carbocycles. The van der Waals surface area contributed by atoms with Crippen LogP contribution in [-0.2, 0) is 11.3 Å². The minimum Gasteiger partial charge on any atom is -0.390 e. The van der Waals surface area contributed by atoms with Gasteiger partial charge in [-0.2, -0.15) is 5.10 Å². The Balaban J connectivity index is 2.17. The zero-order chi connectivity index (χ0) is 15.7. The lowest BCUT2D eigenvalue weighted by Gasteiger charge is -2.11. The molecule has 0 aliphatic heterocycles. The number of amides is 1. The molecule has 0 aromatic carbocycles. The molecule has 0 bridgehead atoms. The number of carbonyl (C=O) groups is 1. The molecule has 0 aliphatic carbocycles. The molecule has 1 amide bonds. The van der Waals surface area contributed by atoms with Crippen molar-refractivity contribution in [2.45, 2.75) is 32.4 Å². The van der Waals surface area contributed by atoms with Gasteiger partial charge in [0.2, 0.25) is 5.91 Å². The Labute approximate surface area is 122 Å². The molecule has 1 aromatic rings. The lowest BCUT2D eigenvalue weighted by Crippen LogP contribution is -2.33. The maximum absolute atomic E-state index is 11.3. The third-order valence-corrected chi connectivity index (χ3v) is 2.71. The smallest absolute Gasteiger partial charge is 0.306 e. The van der Waals surface area contributed by atoms with E-state index in [1.54, 1.807) is 0 Å². The van der Waals surface area contributed by atoms with Gasteiger partial charge in [-0.25, -0.2) is 0 Å². The van der Waals surface area contributed by atoms with E-state index < -0.39 is 11.0 Å². The Kier molecular flexibility index (Phi) is 7.33. The van der Waals surface area contributed by atoms with Crippen molar-refractivity contribution in [1.29, 1.82) is 0 Å². The van der Waals surface area contributed by atoms with Gasteiger partial charge in [0, 0.05) is 26.1 Å². The average molecular weight is 299 g/mol. The first kappa shape index (κ1) is 17.1. The first-order chi connectivity index (χ1) is 10.0. The van der Waals surface area contributed by atoms with Crippen molar-refractivity contribution in [3.63, 3.8) is 0 Å². The first-order valence-electron chi connectivity index (χ1n) is 6.85. The number of nitrogens with zero attached hydrogens (tertiary/aromatic N) is 3. The number of nitrogens with one attached hydrogen (secondary N) is 2. The molecule has 21 heavy (non-hydrogen) atoms. The van der Waals surface area contributed by atoms with Gasteiger partial charge in [-0.3, -0.25) is 19.6 Å². The van der Waals surface area contributed by atoms with Crippen LogP contribution in [0.1, 0.15) is 19.8 Å². The van der Waals surface area contributed by atoms with Gasteiger partial charge >= 0.3 is 5.69 Å². The quantitative estimate of drug-likeness (QED) is 0.308. The number of rotatable bonds is 10. The van der Waals surface area contributed by atoms with E-state index in [9.17, 15) is 20.0 Å². The van der Waals surface area contributed by atoms with Gasteiger partial charge in [0.15, 0.2) is 0 Å². The number of nitro groups is 1. The number of hydrogen-bond donors (Lipinski definition) is 3. The van der Waals surface area contributed by atoms with Crippen molar-refractivity contribution in [2.75, 3.05) is 19.6 Å². The van der Waals surface area contributed by atoms with E-state index in [0.29, 0.717) is 19.5 Å². The number of aromatic nitrogens is 2. The maximum atomic E-state index is 11.3. The van der Waals surface area contributed by atoms with Crippen molar-refractivity contribution in [1.82, 2.24) is 20.4 Å². The van der Waals surface area contributed by atoms with E-state index in [1.165, 1.54) is 10.9 Å². The van der Waals surface area contributed by atoms with E-state index >= 15 is 0 Å². The summed E-state index contributed by atoms with van der Waals surface area (Å²) < 4.78 is 1.32. The topological polar surface area (TPSA) is 122 Å². The molecule has 1 heterocycles. The summed E-state index contributed by atoms with van der Waals surface area (Å²) in [5.74, 6) is -0.0264. The van der Waals surface area contributed by atoms with Gasteiger partial charge in [0.1, 0.15) is 12.4 Å². The SMILES string of the molecule is CCCNC(=O)CCNCC(O)Cn1cc([N+](=O)[O-])cn1. The second-order valence-corrected chi connectivity index (χ2v) is 4.64. The van der Waals surface area contributed by atoms with Crippen molar-refractivity contribution >= 4 is 11.6 Å². The predicted molar refractivity (Wildman–Crippen MR) is 75.7 cm³/mol. The molecule has 0 fully saturated rings. The summed E-state index contributed by atoms with van der Waals surface area (Å²) in [6.07, 6.45) is 2.91. The van der Waals surface area contributed by atoms with E-state index in [4.69, 9.17) is 0 Å². The number of carbonyl (C=O) groups excluding carboxylic acids is 1. The fraction of sp³-hybridized carbons (Fsp3) is 0.667. The summed E-state index contributed by atoms with van der Waals surface area (Å²) in [5.41, 5.74) is -0.109. The highest BCUT2D eigenvalue weighted by Crippen LogP contribution is 2.07. The molecule has 0 radical (unpaired) electrons. The molecule has 1 rings (SSSR count). The molecule has 0 spiro atoms. The standard InChI is InChI=1S/C12H21N5O4/c1-2-4-14-12(19)3-5-13-7-11(18)9-16-8-10(6-15-16)17(20)21/h6,8,11,13,18H,2-5,7,9H2,1H3,(H,14,19). The number of aliphatic hydroxyl groups excluding tert-OH is 1. The molecule has 1 aromatic heterocycles. The molecule has 9 nitrogen and oxygen atoms in total. The molecule has 1 atom stereocenters. The van der Waals surface area contributed by atoms with Gasteiger partial charge in [-0.05, 0) is 6.42 Å². The van der Waals surface area contributed by atoms with Crippen LogP contribution in [0.2, 0.25) is 0 Å². The zero-order valence-corrected chi connectivity index (χ0v) is 12.0. The molecule has 1 unspecified atom stereocenters. The van der Waals surface area contributed by atoms with Gasteiger partial charge in [0.25, 0.3) is 0 Å². The van der Waals surface area contributed by atoms with Crippen molar-refractivity contribution < 1.29 is 14.8 Å². The molecule has 0 aliphatic rings. The molecular weight excluding hydrogens is 278 g/mol. The second-order valence-electron chi connectivity index (χ2n) is 4.64. The summed E-state index contributed by atoms with van der Waals surface area (Å²) in [4.78, 5) is 21.3. The predicted octanol–water partition coefficient (Wildman–Crippen LogP) is -0.342. The summed E-state index contributed by atoms with van der Waals surface area (Å²) in [6, 6.07) is 0. The highest BCUT2D eigenvalue weighted by molar-refractivity contribution is 5.75. The van der Waals surface area contributed by atoms with Gasteiger partial charge in [-0.15, -0.1) is 0 Å². The van der Waals surface area contributed by atoms with E-state index in [-0.39, 0.29) is 24.7 Å². The van der Waals surface area contributed by atoms with Crippen LogP contribution in [0.25, 0.3) is 0 Å². The van der Waals surface area contributed by atoms with Gasteiger partial charge in [0.05, 0.1) is 17.6 Å². The molecule has 3 N–H and O–H groups in total. The molecule has 9 heteroatoms. The fourth-order valence-corrected chi connectivity index (χ4v) is 1.65. The monoisotopic (exact) mass is 299 g/mol. The maximum Gasteiger partial charge on any atom is 0.306 e. The fourth-order valence-electron chi connectivity index (χ4n) is 1.65. The van der Waals surface area contributed by atoms with Crippen molar-refractivity contribution in [3.05, 3.63) is 22.5 Å². The van der Waals surface area contributed by atoms with Gasteiger partial charge in [-0.1, -0.05) is 6.92 Å². The third kappa shape index (κ3) is 6.82. The van der Waals surface area contributed by atoms with Crippen LogP contribution in [-0.4, -0.2) is 51.5 Å². The van der Waals surface area contributed by atoms with Crippen molar-refractivity contribution in [2.24, 2.45) is 0 Å². The molecule has 0 saturated heterocycles. The summed E-state index contributed by atoms with van der Waals surface area (Å²) >= 11 is 0. The number of aliphatic hydroxyl groups is 1. The largest absolute Gasteiger partial charge is 0.390 e. The third-order valence-electron chi connectivity index (χ3n) is 2.71. The average Bonchev–Trinajstić information content (AvgIpc) is 2.90. The van der Waals surface area contributed by atoms with Gasteiger partial charge < -0.3 is 15.7 Å². The van der Waals surface area contributed by atoms with E-state index in [1.807, 2.05) is 6.92 Å². The van der Waals surface area contributed by atoms with Crippen LogP contribution in [0.3, 0.4) is 0 Å². The first-order valence-corrected chi connectivity index (χ1v) is 6.85. The van der Waals surface area contributed by atoms with Crippen LogP contribution >= 0.6 is 0 Å². The number of hydrogen-bond acceptors (Lipinski definition) is 6. The Morgan fingerprint density at radius 1 is 1.57 bits per heavy atom. The van der Waals surface area contributed by atoms with Crippen LogP contribution < -0.4 is 10.6 Å². The Morgan fingerprint density at radius 3 is 2.95 bits per heavy atom. The Hall–Kier alpha value is -2.00. The summed E-state index contributed by atoms with van der Waals surface area (Å²) in [6.45, 7) is 3.55. The molecular formula is C12H21N5O4. The Bertz CT molecular complexity index is 462. The summed E-state index contributed by atoms with van der Waals surface area (Å²) in [7, 11) is 0. The van der Waals surface area contributed by atoms with Crippen LogP contribution in [0, 0.1) is 10.1 Å². The highest BCUT2D eigenvalue weighted by atomic mass is 16.6. The summed E-state index contributed by atoms with van der Waals surface area (Å²) in [5, 5.41) is 29.8. The normalized spacial score (nSPS) is 12.1. The van der Waals surface area contributed by atoms with Crippen LogP contribution in [0.5, 0.6) is 0 Å². The minimum absolute atomic E-state index is 0.0264. The minimum atomic E-state index is -0.733. The highest BCUT2D eigenvalue weighted by Gasteiger charge is 2.11. The van der Waals surface area contributed by atoms with Crippen LogP contribution in [0.15, 0.2) is 12.4 Å². The second kappa shape index (κ2) is 9.03.